The Kier molecular flexibility index (Phi) is 6.15. The highest BCUT2D eigenvalue weighted by molar-refractivity contribution is 7.09. The van der Waals surface area contributed by atoms with Crippen molar-refractivity contribution in [1.82, 2.24) is 15.2 Å². The number of carbonyl (C=O) groups excluding carboxylic acids is 2. The van der Waals surface area contributed by atoms with Gasteiger partial charge in [0.15, 0.2) is 5.76 Å². The van der Waals surface area contributed by atoms with Crippen molar-refractivity contribution in [2.24, 2.45) is 0 Å². The quantitative estimate of drug-likeness (QED) is 0.410. The molecule has 1 saturated heterocycles. The van der Waals surface area contributed by atoms with E-state index in [0.29, 0.717) is 36.1 Å². The number of thiazole rings is 1. The molecule has 0 saturated carbocycles. The van der Waals surface area contributed by atoms with Crippen molar-refractivity contribution in [3.05, 3.63) is 87.0 Å². The van der Waals surface area contributed by atoms with Crippen LogP contribution in [0.3, 0.4) is 0 Å². The Hall–Kier alpha value is -3.16. The number of benzene rings is 2. The van der Waals surface area contributed by atoms with Crippen molar-refractivity contribution in [3.63, 3.8) is 0 Å². The maximum atomic E-state index is 12.9. The molecule has 8 heteroatoms. The van der Waals surface area contributed by atoms with E-state index in [4.69, 9.17) is 16.0 Å². The predicted molar refractivity (Wildman–Crippen MR) is 129 cm³/mol. The molecule has 2 aromatic carbocycles. The van der Waals surface area contributed by atoms with Gasteiger partial charge in [-0.2, -0.15) is 0 Å². The molecule has 1 aliphatic heterocycles. The summed E-state index contributed by atoms with van der Waals surface area (Å²) in [5, 5.41) is 7.25. The number of piperidine rings is 1. The number of hydrogen-bond acceptors (Lipinski definition) is 5. The first-order valence-corrected chi connectivity index (χ1v) is 12.1. The molecule has 5 rings (SSSR count). The number of nitrogens with zero attached hydrogens (tertiary/aromatic N) is 2. The number of aromatic nitrogens is 1. The van der Waals surface area contributed by atoms with E-state index in [2.05, 4.69) is 10.3 Å². The standard InChI is InChI=1S/C25H22ClN3O3S/c26-19-7-5-16(6-8-19)14-27-23(30)20-15-33-24(28-20)17-9-11-29(12-10-17)25(31)22-13-18-3-1-2-4-21(18)32-22/h1-8,13,15,17H,9-12,14H2,(H,27,30). The van der Waals surface area contributed by atoms with E-state index in [1.54, 1.807) is 23.6 Å². The summed E-state index contributed by atoms with van der Waals surface area (Å²) in [6.45, 7) is 1.70. The lowest BCUT2D eigenvalue weighted by Crippen LogP contribution is -2.37. The number of amides is 2. The average molecular weight is 480 g/mol. The van der Waals surface area contributed by atoms with Gasteiger partial charge in [0.2, 0.25) is 0 Å². The fourth-order valence-electron chi connectivity index (χ4n) is 4.03. The predicted octanol–water partition coefficient (Wildman–Crippen LogP) is 5.49. The minimum atomic E-state index is -0.190. The molecule has 33 heavy (non-hydrogen) atoms. The number of hydrogen-bond donors (Lipinski definition) is 1. The molecule has 1 N–H and O–H groups in total. The maximum Gasteiger partial charge on any atom is 0.289 e. The van der Waals surface area contributed by atoms with Gasteiger partial charge in [-0.05, 0) is 42.7 Å². The zero-order chi connectivity index (χ0) is 22.8. The van der Waals surface area contributed by atoms with Gasteiger partial charge in [-0.15, -0.1) is 11.3 Å². The highest BCUT2D eigenvalue weighted by Crippen LogP contribution is 2.31. The third kappa shape index (κ3) is 4.79. The summed E-state index contributed by atoms with van der Waals surface area (Å²) in [5.41, 5.74) is 2.13. The summed E-state index contributed by atoms with van der Waals surface area (Å²) >= 11 is 7.40. The Balaban J connectivity index is 1.16. The molecule has 0 atom stereocenters. The van der Waals surface area contributed by atoms with Crippen LogP contribution in [0.5, 0.6) is 0 Å². The van der Waals surface area contributed by atoms with E-state index in [1.165, 1.54) is 11.3 Å². The summed E-state index contributed by atoms with van der Waals surface area (Å²) in [4.78, 5) is 31.8. The highest BCUT2D eigenvalue weighted by Gasteiger charge is 2.28. The van der Waals surface area contributed by atoms with E-state index in [1.807, 2.05) is 41.3 Å². The summed E-state index contributed by atoms with van der Waals surface area (Å²) in [5.74, 6) is 0.354. The van der Waals surface area contributed by atoms with Gasteiger partial charge in [-0.3, -0.25) is 9.59 Å². The van der Waals surface area contributed by atoms with Crippen LogP contribution in [0.25, 0.3) is 11.0 Å². The number of nitrogens with one attached hydrogen (secondary N) is 1. The van der Waals surface area contributed by atoms with Crippen LogP contribution < -0.4 is 5.32 Å². The zero-order valence-electron chi connectivity index (χ0n) is 17.8. The Morgan fingerprint density at radius 3 is 2.64 bits per heavy atom. The normalized spacial score (nSPS) is 14.5. The zero-order valence-corrected chi connectivity index (χ0v) is 19.4. The van der Waals surface area contributed by atoms with Crippen LogP contribution in [0.15, 0.2) is 64.4 Å². The van der Waals surface area contributed by atoms with E-state index in [0.717, 1.165) is 34.4 Å². The minimum absolute atomic E-state index is 0.0777. The van der Waals surface area contributed by atoms with Crippen molar-refractivity contribution in [2.45, 2.75) is 25.3 Å². The van der Waals surface area contributed by atoms with Crippen LogP contribution in [0.1, 0.15) is 50.4 Å². The van der Waals surface area contributed by atoms with Gasteiger partial charge in [0.05, 0.1) is 5.01 Å². The number of rotatable bonds is 5. The molecule has 0 bridgehead atoms. The van der Waals surface area contributed by atoms with Crippen molar-refractivity contribution in [2.75, 3.05) is 13.1 Å². The molecular weight excluding hydrogens is 458 g/mol. The summed E-state index contributed by atoms with van der Waals surface area (Å²) in [6.07, 6.45) is 1.62. The average Bonchev–Trinajstić information content (AvgIpc) is 3.51. The topological polar surface area (TPSA) is 75.4 Å². The largest absolute Gasteiger partial charge is 0.451 e. The van der Waals surface area contributed by atoms with Gasteiger partial charge in [0, 0.05) is 41.3 Å². The fourth-order valence-corrected chi connectivity index (χ4v) is 5.12. The molecular formula is C25H22ClN3O3S. The number of furan rings is 1. The second-order valence-electron chi connectivity index (χ2n) is 8.10. The lowest BCUT2D eigenvalue weighted by molar-refractivity contribution is 0.0683. The number of carbonyl (C=O) groups is 2. The minimum Gasteiger partial charge on any atom is -0.451 e. The summed E-state index contributed by atoms with van der Waals surface area (Å²) < 4.78 is 5.73. The smallest absolute Gasteiger partial charge is 0.289 e. The van der Waals surface area contributed by atoms with Crippen LogP contribution >= 0.6 is 22.9 Å². The molecule has 1 fully saturated rings. The molecule has 2 aromatic heterocycles. The molecule has 168 valence electrons. The third-order valence-corrected chi connectivity index (χ3v) is 7.15. The maximum absolute atomic E-state index is 12.9. The van der Waals surface area contributed by atoms with E-state index in [9.17, 15) is 9.59 Å². The van der Waals surface area contributed by atoms with Gasteiger partial charge in [0.25, 0.3) is 11.8 Å². The van der Waals surface area contributed by atoms with Crippen LogP contribution in [0.4, 0.5) is 0 Å². The fraction of sp³-hybridized carbons (Fsp3) is 0.240. The van der Waals surface area contributed by atoms with Crippen molar-refractivity contribution in [1.29, 1.82) is 0 Å². The summed E-state index contributed by atoms with van der Waals surface area (Å²) in [6, 6.07) is 16.8. The number of likely N-dealkylation sites (tertiary alicyclic amines) is 1. The molecule has 3 heterocycles. The number of para-hydroxylation sites is 1. The number of halogens is 1. The molecule has 0 unspecified atom stereocenters. The molecule has 0 aliphatic carbocycles. The van der Waals surface area contributed by atoms with E-state index < -0.39 is 0 Å². The second-order valence-corrected chi connectivity index (χ2v) is 9.42. The Bertz CT molecular complexity index is 1260. The highest BCUT2D eigenvalue weighted by atomic mass is 35.5. The van der Waals surface area contributed by atoms with Gasteiger partial charge in [0.1, 0.15) is 11.3 Å². The molecule has 1 aliphatic rings. The van der Waals surface area contributed by atoms with Crippen molar-refractivity contribution in [3.8, 4) is 0 Å². The lowest BCUT2D eigenvalue weighted by Gasteiger charge is -2.30. The van der Waals surface area contributed by atoms with Crippen molar-refractivity contribution >= 4 is 45.7 Å². The van der Waals surface area contributed by atoms with Crippen LogP contribution in [-0.2, 0) is 6.54 Å². The molecule has 4 aromatic rings. The number of fused-ring (bicyclic) bond motifs is 1. The molecule has 2 amide bonds. The third-order valence-electron chi connectivity index (χ3n) is 5.89. The molecule has 0 radical (unpaired) electrons. The first-order valence-electron chi connectivity index (χ1n) is 10.8. The monoisotopic (exact) mass is 479 g/mol. The van der Waals surface area contributed by atoms with Crippen LogP contribution in [-0.4, -0.2) is 34.8 Å². The molecule has 0 spiro atoms. The van der Waals surface area contributed by atoms with E-state index >= 15 is 0 Å². The van der Waals surface area contributed by atoms with Gasteiger partial charge in [-0.1, -0.05) is 41.9 Å². The first kappa shape index (κ1) is 21.7. The first-order chi connectivity index (χ1) is 16.1. The Morgan fingerprint density at radius 1 is 1.12 bits per heavy atom. The van der Waals surface area contributed by atoms with Crippen LogP contribution in [0, 0.1) is 0 Å². The SMILES string of the molecule is O=C(NCc1ccc(Cl)cc1)c1csc(C2CCN(C(=O)c3cc4ccccc4o3)CC2)n1. The van der Waals surface area contributed by atoms with Crippen LogP contribution in [0.2, 0.25) is 5.02 Å². The lowest BCUT2D eigenvalue weighted by atomic mass is 9.97. The molecule has 6 nitrogen and oxygen atoms in total. The van der Waals surface area contributed by atoms with Crippen molar-refractivity contribution < 1.29 is 14.0 Å². The Labute approximate surface area is 200 Å². The summed E-state index contributed by atoms with van der Waals surface area (Å²) in [7, 11) is 0. The van der Waals surface area contributed by atoms with Gasteiger partial charge >= 0.3 is 0 Å². The Morgan fingerprint density at radius 2 is 1.88 bits per heavy atom. The van der Waals surface area contributed by atoms with E-state index in [-0.39, 0.29) is 17.7 Å². The second kappa shape index (κ2) is 9.37. The van der Waals surface area contributed by atoms with Gasteiger partial charge < -0.3 is 14.6 Å². The van der Waals surface area contributed by atoms with Gasteiger partial charge in [-0.25, -0.2) is 4.98 Å².